The maximum atomic E-state index is 12.7. The number of aliphatic hydroxyl groups is 1. The minimum absolute atomic E-state index is 0.0136. The highest BCUT2D eigenvalue weighted by atomic mass is 19.4. The van der Waals surface area contributed by atoms with Gasteiger partial charge >= 0.3 is 6.18 Å². The van der Waals surface area contributed by atoms with E-state index in [1.165, 1.54) is 0 Å². The fraction of sp³-hybridized carbons (Fsp3) is 0.350. The molecule has 2 aromatic carbocycles. The van der Waals surface area contributed by atoms with Crippen LogP contribution in [0.2, 0.25) is 0 Å². The third kappa shape index (κ3) is 3.83. The van der Waals surface area contributed by atoms with Gasteiger partial charge in [-0.25, -0.2) is 0 Å². The molecule has 1 N–H and O–H groups in total. The molecule has 2 atom stereocenters. The number of hydrogen-bond donors (Lipinski definition) is 1. The number of alkyl halides is 3. The first-order valence-corrected chi connectivity index (χ1v) is 8.47. The molecule has 26 heavy (non-hydrogen) atoms. The Bertz CT molecular complexity index is 779. The van der Waals surface area contributed by atoms with Gasteiger partial charge in [0.05, 0.1) is 29.8 Å². The predicted octanol–water partition coefficient (Wildman–Crippen LogP) is 4.32. The summed E-state index contributed by atoms with van der Waals surface area (Å²) in [4.78, 5) is 2.08. The zero-order chi connectivity index (χ0) is 18.7. The van der Waals surface area contributed by atoms with E-state index in [1.54, 1.807) is 24.3 Å². The number of anilines is 1. The van der Waals surface area contributed by atoms with Gasteiger partial charge in [0.2, 0.25) is 0 Å². The molecule has 0 aromatic heterocycles. The summed E-state index contributed by atoms with van der Waals surface area (Å²) in [7, 11) is 0. The highest BCUT2D eigenvalue weighted by Gasteiger charge is 2.32. The third-order valence-electron chi connectivity index (χ3n) is 4.95. The van der Waals surface area contributed by atoms with Crippen LogP contribution in [-0.2, 0) is 6.18 Å². The number of nitrogens with zero attached hydrogens (tertiary/aromatic N) is 2. The molecule has 1 aliphatic rings. The largest absolute Gasteiger partial charge is 0.416 e. The first-order chi connectivity index (χ1) is 12.4. The van der Waals surface area contributed by atoms with Gasteiger partial charge in [-0.1, -0.05) is 12.1 Å². The Morgan fingerprint density at radius 1 is 1.04 bits per heavy atom. The normalized spacial score (nSPS) is 20.7. The molecule has 1 saturated heterocycles. The van der Waals surface area contributed by atoms with Crippen LogP contribution >= 0.6 is 0 Å². The third-order valence-corrected chi connectivity index (χ3v) is 4.95. The molecule has 6 heteroatoms. The van der Waals surface area contributed by atoms with Crippen molar-refractivity contribution in [2.75, 3.05) is 18.1 Å². The van der Waals surface area contributed by atoms with Crippen LogP contribution in [0.1, 0.15) is 35.4 Å². The van der Waals surface area contributed by atoms with Crippen LogP contribution < -0.4 is 4.90 Å². The van der Waals surface area contributed by atoms with Gasteiger partial charge in [0.25, 0.3) is 0 Å². The van der Waals surface area contributed by atoms with Crippen LogP contribution in [0.3, 0.4) is 0 Å². The molecular weight excluding hydrogens is 341 g/mol. The summed E-state index contributed by atoms with van der Waals surface area (Å²) in [5, 5.41) is 18.6. The quantitative estimate of drug-likeness (QED) is 0.887. The maximum absolute atomic E-state index is 12.7. The molecule has 0 spiro atoms. The van der Waals surface area contributed by atoms with Crippen molar-refractivity contribution in [3.8, 4) is 6.07 Å². The molecule has 136 valence electrons. The number of halogens is 3. The van der Waals surface area contributed by atoms with Crippen molar-refractivity contribution in [3.63, 3.8) is 0 Å². The Morgan fingerprint density at radius 2 is 1.69 bits per heavy atom. The van der Waals surface area contributed by atoms with Gasteiger partial charge in [-0.2, -0.15) is 18.4 Å². The Hall–Kier alpha value is -2.52. The van der Waals surface area contributed by atoms with Crippen molar-refractivity contribution in [2.24, 2.45) is 0 Å². The summed E-state index contributed by atoms with van der Waals surface area (Å²) in [5.41, 5.74) is 1.69. The van der Waals surface area contributed by atoms with Gasteiger partial charge in [-0.15, -0.1) is 0 Å². The molecule has 2 aromatic rings. The molecule has 0 radical (unpaired) electrons. The number of nitriles is 1. The summed E-state index contributed by atoms with van der Waals surface area (Å²) in [5.74, 6) is 0.0933. The molecule has 0 aliphatic carbocycles. The van der Waals surface area contributed by atoms with E-state index in [-0.39, 0.29) is 18.6 Å². The Morgan fingerprint density at radius 3 is 2.23 bits per heavy atom. The summed E-state index contributed by atoms with van der Waals surface area (Å²) in [6.45, 7) is 0.627. The van der Waals surface area contributed by atoms with Gasteiger partial charge in [-0.3, -0.25) is 0 Å². The molecule has 3 rings (SSSR count). The van der Waals surface area contributed by atoms with E-state index in [4.69, 9.17) is 5.26 Å². The zero-order valence-corrected chi connectivity index (χ0v) is 14.1. The van der Waals surface area contributed by atoms with Crippen LogP contribution in [0.25, 0.3) is 0 Å². The van der Waals surface area contributed by atoms with Crippen LogP contribution in [0, 0.1) is 11.3 Å². The van der Waals surface area contributed by atoms with E-state index in [1.807, 2.05) is 12.1 Å². The fourth-order valence-corrected chi connectivity index (χ4v) is 3.48. The van der Waals surface area contributed by atoms with Crippen molar-refractivity contribution in [3.05, 3.63) is 65.2 Å². The highest BCUT2D eigenvalue weighted by molar-refractivity contribution is 5.51. The van der Waals surface area contributed by atoms with Crippen molar-refractivity contribution in [2.45, 2.75) is 31.0 Å². The molecule has 3 nitrogen and oxygen atoms in total. The second-order valence-corrected chi connectivity index (χ2v) is 6.54. The SMILES string of the molecule is N#Cc1ccc(N2CC(c3ccc(C(F)(F)F)cc3)CC[C@H]2CO)cc1. The number of piperidine rings is 1. The van der Waals surface area contributed by atoms with Crippen molar-refractivity contribution in [1.82, 2.24) is 0 Å². The van der Waals surface area contributed by atoms with Crippen LogP contribution in [0.15, 0.2) is 48.5 Å². The highest BCUT2D eigenvalue weighted by Crippen LogP contribution is 2.35. The topological polar surface area (TPSA) is 47.3 Å². The monoisotopic (exact) mass is 360 g/mol. The van der Waals surface area contributed by atoms with E-state index in [2.05, 4.69) is 11.0 Å². The summed E-state index contributed by atoms with van der Waals surface area (Å²) in [6, 6.07) is 14.5. The van der Waals surface area contributed by atoms with Crippen LogP contribution in [0.4, 0.5) is 18.9 Å². The van der Waals surface area contributed by atoms with Gasteiger partial charge < -0.3 is 10.0 Å². The smallest absolute Gasteiger partial charge is 0.394 e. The number of benzene rings is 2. The first-order valence-electron chi connectivity index (χ1n) is 8.47. The summed E-state index contributed by atoms with van der Waals surface area (Å²) >= 11 is 0. The van der Waals surface area contributed by atoms with Gasteiger partial charge in [0.15, 0.2) is 0 Å². The van der Waals surface area contributed by atoms with Crippen molar-refractivity contribution < 1.29 is 18.3 Å². The lowest BCUT2D eigenvalue weighted by Crippen LogP contribution is -2.44. The lowest BCUT2D eigenvalue weighted by atomic mass is 9.86. The molecular formula is C20H19F3N2O. The van der Waals surface area contributed by atoms with Crippen molar-refractivity contribution >= 4 is 5.69 Å². The lowest BCUT2D eigenvalue weighted by molar-refractivity contribution is -0.137. The van der Waals surface area contributed by atoms with Crippen LogP contribution in [-0.4, -0.2) is 24.3 Å². The summed E-state index contributed by atoms with van der Waals surface area (Å²) < 4.78 is 38.2. The van der Waals surface area contributed by atoms with Crippen LogP contribution in [0.5, 0.6) is 0 Å². The second kappa shape index (κ2) is 7.38. The summed E-state index contributed by atoms with van der Waals surface area (Å²) in [6.07, 6.45) is -2.77. The first kappa shape index (κ1) is 18.3. The fourth-order valence-electron chi connectivity index (χ4n) is 3.48. The second-order valence-electron chi connectivity index (χ2n) is 6.54. The average molecular weight is 360 g/mol. The van der Waals surface area contributed by atoms with E-state index >= 15 is 0 Å². The molecule has 1 unspecified atom stereocenters. The predicted molar refractivity (Wildman–Crippen MR) is 92.8 cm³/mol. The Balaban J connectivity index is 1.81. The zero-order valence-electron chi connectivity index (χ0n) is 14.1. The standard InChI is InChI=1S/C20H19F3N2O/c21-20(22,23)17-6-3-15(4-7-17)16-5-10-19(13-26)25(12-16)18-8-1-14(11-24)2-9-18/h1-4,6-9,16,19,26H,5,10,12-13H2/t16?,19-/m0/s1. The minimum atomic E-state index is -4.33. The van der Waals surface area contributed by atoms with E-state index in [9.17, 15) is 18.3 Å². The molecule has 0 amide bonds. The lowest BCUT2D eigenvalue weighted by Gasteiger charge is -2.41. The minimum Gasteiger partial charge on any atom is -0.394 e. The van der Waals surface area contributed by atoms with Crippen molar-refractivity contribution in [1.29, 1.82) is 5.26 Å². The van der Waals surface area contributed by atoms with Gasteiger partial charge in [0, 0.05) is 18.2 Å². The van der Waals surface area contributed by atoms with E-state index in [0.29, 0.717) is 12.1 Å². The maximum Gasteiger partial charge on any atom is 0.416 e. The molecule has 0 bridgehead atoms. The van der Waals surface area contributed by atoms with Gasteiger partial charge in [0.1, 0.15) is 0 Å². The number of aliphatic hydroxyl groups excluding tert-OH is 1. The molecule has 1 aliphatic heterocycles. The van der Waals surface area contributed by atoms with E-state index < -0.39 is 11.7 Å². The number of rotatable bonds is 3. The Kier molecular flexibility index (Phi) is 5.19. The van der Waals surface area contributed by atoms with E-state index in [0.717, 1.165) is 36.2 Å². The molecule has 0 saturated carbocycles. The molecule has 1 fully saturated rings. The van der Waals surface area contributed by atoms with Gasteiger partial charge in [-0.05, 0) is 54.8 Å². The average Bonchev–Trinajstić information content (AvgIpc) is 2.67. The Labute approximate surface area is 150 Å². The number of hydrogen-bond acceptors (Lipinski definition) is 3. The molecule has 1 heterocycles.